The van der Waals surface area contributed by atoms with Crippen LogP contribution in [0.5, 0.6) is 0 Å². The van der Waals surface area contributed by atoms with E-state index in [0.717, 1.165) is 24.1 Å². The average molecular weight is 344 g/mol. The smallest absolute Gasteiger partial charge is 0.231 e. The molecule has 1 aliphatic heterocycles. The molecule has 1 aromatic heterocycles. The van der Waals surface area contributed by atoms with Crippen LogP contribution in [0.1, 0.15) is 49.8 Å². The summed E-state index contributed by atoms with van der Waals surface area (Å²) in [5.41, 5.74) is 1.83. The van der Waals surface area contributed by atoms with E-state index in [4.69, 9.17) is 0 Å². The van der Waals surface area contributed by atoms with Crippen molar-refractivity contribution < 1.29 is 9.59 Å². The third kappa shape index (κ3) is 3.54. The van der Waals surface area contributed by atoms with E-state index in [-0.39, 0.29) is 17.4 Å². The van der Waals surface area contributed by atoms with Crippen molar-refractivity contribution in [3.8, 4) is 0 Å². The molecule has 1 N–H and O–H groups in total. The molecule has 1 aromatic rings. The van der Waals surface area contributed by atoms with Gasteiger partial charge >= 0.3 is 0 Å². The van der Waals surface area contributed by atoms with Crippen LogP contribution in [0.15, 0.2) is 18.3 Å². The van der Waals surface area contributed by atoms with Crippen LogP contribution in [0.3, 0.4) is 0 Å². The van der Waals surface area contributed by atoms with E-state index in [1.165, 1.54) is 12.8 Å². The molecule has 25 heavy (non-hydrogen) atoms. The van der Waals surface area contributed by atoms with Crippen LogP contribution in [-0.4, -0.2) is 59.3 Å². The van der Waals surface area contributed by atoms with E-state index in [2.05, 4.69) is 29.3 Å². The summed E-state index contributed by atoms with van der Waals surface area (Å²) in [7, 11) is 4.18. The number of carbonyl (C=O) groups excluding carboxylic acids is 2. The van der Waals surface area contributed by atoms with Crippen molar-refractivity contribution in [3.05, 3.63) is 29.6 Å². The topological polar surface area (TPSA) is 65.5 Å². The Hall–Kier alpha value is -1.95. The average Bonchev–Trinajstić information content (AvgIpc) is 3.09. The monoisotopic (exact) mass is 344 g/mol. The van der Waals surface area contributed by atoms with Crippen LogP contribution in [0, 0.1) is 0 Å². The largest absolute Gasteiger partial charge is 0.354 e. The highest BCUT2D eigenvalue weighted by Crippen LogP contribution is 2.33. The number of amides is 2. The van der Waals surface area contributed by atoms with Crippen molar-refractivity contribution in [2.24, 2.45) is 0 Å². The van der Waals surface area contributed by atoms with Gasteiger partial charge in [0.25, 0.3) is 0 Å². The van der Waals surface area contributed by atoms with Crippen molar-refractivity contribution >= 4 is 11.8 Å². The molecule has 1 fully saturated rings. The van der Waals surface area contributed by atoms with Gasteiger partial charge in [-0.2, -0.15) is 0 Å². The molecule has 0 radical (unpaired) electrons. The van der Waals surface area contributed by atoms with Crippen LogP contribution in [0.2, 0.25) is 0 Å². The number of rotatable bonds is 4. The molecular formula is C19H28N4O2. The first-order chi connectivity index (χ1) is 11.9. The number of carbonyl (C=O) groups is 2. The number of likely N-dealkylation sites (N-methyl/N-ethyl adjacent to an activating group) is 1. The van der Waals surface area contributed by atoms with Gasteiger partial charge in [0.2, 0.25) is 11.8 Å². The normalized spacial score (nSPS) is 21.9. The number of hydrogen-bond donors (Lipinski definition) is 1. The van der Waals surface area contributed by atoms with E-state index < -0.39 is 5.92 Å². The minimum atomic E-state index is -0.394. The second-order valence-electron chi connectivity index (χ2n) is 7.54. The third-order valence-electron chi connectivity index (χ3n) is 5.86. The first-order valence-electron chi connectivity index (χ1n) is 9.07. The summed E-state index contributed by atoms with van der Waals surface area (Å²) in [6.45, 7) is 3.14. The second-order valence-corrected chi connectivity index (χ2v) is 7.54. The van der Waals surface area contributed by atoms with Crippen molar-refractivity contribution in [2.45, 2.75) is 50.6 Å². The van der Waals surface area contributed by atoms with E-state index in [1.54, 1.807) is 18.0 Å². The molecule has 3 rings (SSSR count). The maximum atomic E-state index is 12.9. The number of hydrogen-bond acceptors (Lipinski definition) is 4. The summed E-state index contributed by atoms with van der Waals surface area (Å²) in [6, 6.07) is 3.81. The van der Waals surface area contributed by atoms with Gasteiger partial charge in [0.05, 0.1) is 11.6 Å². The zero-order chi connectivity index (χ0) is 18.0. The number of nitrogens with one attached hydrogen (secondary N) is 1. The molecule has 6 heteroatoms. The van der Waals surface area contributed by atoms with E-state index in [9.17, 15) is 9.59 Å². The lowest BCUT2D eigenvalue weighted by Crippen LogP contribution is -2.52. The molecular weight excluding hydrogens is 316 g/mol. The van der Waals surface area contributed by atoms with Crippen molar-refractivity contribution in [3.63, 3.8) is 0 Å². The van der Waals surface area contributed by atoms with Gasteiger partial charge in [-0.05, 0) is 38.6 Å². The quantitative estimate of drug-likeness (QED) is 0.899. The predicted molar refractivity (Wildman–Crippen MR) is 96.0 cm³/mol. The van der Waals surface area contributed by atoms with E-state index in [1.807, 2.05) is 12.1 Å². The molecule has 0 saturated heterocycles. The SMILES string of the molecule is CC(=O)N1Cc2cccnc2C(C(=O)NCC2(N(C)C)CCCC2)C1. The fourth-order valence-electron chi connectivity index (χ4n) is 4.11. The van der Waals surface area contributed by atoms with E-state index >= 15 is 0 Å². The maximum Gasteiger partial charge on any atom is 0.231 e. The second kappa shape index (κ2) is 7.12. The Labute approximate surface area is 149 Å². The van der Waals surface area contributed by atoms with Gasteiger partial charge in [0, 0.05) is 38.3 Å². The number of pyridine rings is 1. The zero-order valence-corrected chi connectivity index (χ0v) is 15.4. The summed E-state index contributed by atoms with van der Waals surface area (Å²) in [6.07, 6.45) is 6.36. The number of aromatic nitrogens is 1. The Balaban J connectivity index is 1.75. The number of nitrogens with zero attached hydrogens (tertiary/aromatic N) is 3. The van der Waals surface area contributed by atoms with Gasteiger partial charge in [0.15, 0.2) is 0 Å². The Morgan fingerprint density at radius 3 is 2.72 bits per heavy atom. The highest BCUT2D eigenvalue weighted by atomic mass is 16.2. The summed E-state index contributed by atoms with van der Waals surface area (Å²) < 4.78 is 0. The first kappa shape index (κ1) is 17.9. The maximum absolute atomic E-state index is 12.9. The van der Waals surface area contributed by atoms with Crippen molar-refractivity contribution in [1.29, 1.82) is 0 Å². The summed E-state index contributed by atoms with van der Waals surface area (Å²) in [5, 5.41) is 3.16. The van der Waals surface area contributed by atoms with Gasteiger partial charge in [-0.3, -0.25) is 14.6 Å². The minimum Gasteiger partial charge on any atom is -0.354 e. The van der Waals surface area contributed by atoms with Crippen molar-refractivity contribution in [2.75, 3.05) is 27.2 Å². The highest BCUT2D eigenvalue weighted by molar-refractivity contribution is 5.85. The minimum absolute atomic E-state index is 0.00661. The molecule has 2 heterocycles. The highest BCUT2D eigenvalue weighted by Gasteiger charge is 2.38. The van der Waals surface area contributed by atoms with Gasteiger partial charge in [-0.15, -0.1) is 0 Å². The lowest BCUT2D eigenvalue weighted by Gasteiger charge is -2.38. The van der Waals surface area contributed by atoms with Gasteiger partial charge < -0.3 is 15.1 Å². The molecule has 0 aromatic carbocycles. The fraction of sp³-hybridized carbons (Fsp3) is 0.632. The molecule has 0 spiro atoms. The van der Waals surface area contributed by atoms with Crippen LogP contribution in [-0.2, 0) is 16.1 Å². The molecule has 1 aliphatic carbocycles. The lowest BCUT2D eigenvalue weighted by atomic mass is 9.92. The van der Waals surface area contributed by atoms with Gasteiger partial charge in [-0.1, -0.05) is 18.9 Å². The summed E-state index contributed by atoms with van der Waals surface area (Å²) in [4.78, 5) is 33.2. The zero-order valence-electron chi connectivity index (χ0n) is 15.4. The summed E-state index contributed by atoms with van der Waals surface area (Å²) >= 11 is 0. The van der Waals surface area contributed by atoms with Gasteiger partial charge in [0.1, 0.15) is 0 Å². The first-order valence-corrected chi connectivity index (χ1v) is 9.07. The molecule has 1 atom stereocenters. The molecule has 2 aliphatic rings. The molecule has 6 nitrogen and oxygen atoms in total. The van der Waals surface area contributed by atoms with Crippen molar-refractivity contribution in [1.82, 2.24) is 20.1 Å². The lowest BCUT2D eigenvalue weighted by molar-refractivity contribution is -0.131. The van der Waals surface area contributed by atoms with Crippen LogP contribution < -0.4 is 5.32 Å². The molecule has 1 unspecified atom stereocenters. The Kier molecular flexibility index (Phi) is 5.08. The number of fused-ring (bicyclic) bond motifs is 1. The molecule has 2 amide bonds. The Morgan fingerprint density at radius 2 is 2.08 bits per heavy atom. The van der Waals surface area contributed by atoms with Crippen LogP contribution in [0.4, 0.5) is 0 Å². The standard InChI is InChI=1S/C19H28N4O2/c1-14(24)23-11-15-7-6-10-20-17(15)16(12-23)18(25)21-13-19(22(2)3)8-4-5-9-19/h6-7,10,16H,4-5,8-9,11-13H2,1-3H3,(H,21,25). The molecule has 136 valence electrons. The Morgan fingerprint density at radius 1 is 1.36 bits per heavy atom. The summed E-state index contributed by atoms with van der Waals surface area (Å²) in [5.74, 6) is -0.429. The van der Waals surface area contributed by atoms with Gasteiger partial charge in [-0.25, -0.2) is 0 Å². The Bertz CT molecular complexity index is 653. The molecule has 0 bridgehead atoms. The van der Waals surface area contributed by atoms with Crippen LogP contribution >= 0.6 is 0 Å². The van der Waals surface area contributed by atoms with Crippen LogP contribution in [0.25, 0.3) is 0 Å². The third-order valence-corrected chi connectivity index (χ3v) is 5.86. The fourth-order valence-corrected chi connectivity index (χ4v) is 4.11. The molecule has 1 saturated carbocycles. The predicted octanol–water partition coefficient (Wildman–Crippen LogP) is 1.52. The van der Waals surface area contributed by atoms with E-state index in [0.29, 0.717) is 19.6 Å².